The van der Waals surface area contributed by atoms with Crippen molar-refractivity contribution in [2.45, 2.75) is 0 Å². The second-order valence-electron chi connectivity index (χ2n) is 2.29. The predicted molar refractivity (Wildman–Crippen MR) is 46.2 cm³/mol. The maximum Gasteiger partial charge on any atom is 0.250 e. The van der Waals surface area contributed by atoms with Gasteiger partial charge in [-0.15, -0.1) is 0 Å². The lowest BCUT2D eigenvalue weighted by molar-refractivity contribution is 0.345. The highest BCUT2D eigenvalue weighted by Gasteiger charge is 2.06. The van der Waals surface area contributed by atoms with Gasteiger partial charge in [0, 0.05) is 19.4 Å². The molecule has 0 radical (unpaired) electrons. The van der Waals surface area contributed by atoms with E-state index in [2.05, 4.69) is 11.6 Å². The molecule has 0 fully saturated rings. The molecule has 0 saturated carbocycles. The van der Waals surface area contributed by atoms with Crippen LogP contribution in [-0.4, -0.2) is 22.1 Å². The van der Waals surface area contributed by atoms with Crippen LogP contribution in [0.4, 0.5) is 0 Å². The van der Waals surface area contributed by atoms with Crippen LogP contribution in [0.2, 0.25) is 0 Å². The maximum absolute atomic E-state index is 7.44. The van der Waals surface area contributed by atoms with Crippen molar-refractivity contribution in [2.24, 2.45) is 7.05 Å². The molecular weight excluding hydrogens is 154 g/mol. The second kappa shape index (κ2) is 3.71. The van der Waals surface area contributed by atoms with E-state index in [4.69, 9.17) is 10.1 Å². The monoisotopic (exact) mass is 165 g/mol. The molecule has 4 nitrogen and oxygen atoms in total. The van der Waals surface area contributed by atoms with E-state index in [1.165, 1.54) is 0 Å². The minimum Gasteiger partial charge on any atom is -0.471 e. The van der Waals surface area contributed by atoms with Gasteiger partial charge in [-0.1, -0.05) is 12.7 Å². The first-order chi connectivity index (χ1) is 5.75. The van der Waals surface area contributed by atoms with Gasteiger partial charge < -0.3 is 9.30 Å². The van der Waals surface area contributed by atoms with E-state index in [1.807, 2.05) is 7.05 Å². The molecule has 12 heavy (non-hydrogen) atoms. The highest BCUT2D eigenvalue weighted by atomic mass is 16.5. The molecule has 0 bridgehead atoms. The van der Waals surface area contributed by atoms with Crippen molar-refractivity contribution < 1.29 is 4.74 Å². The Morgan fingerprint density at radius 2 is 2.67 bits per heavy atom. The van der Waals surface area contributed by atoms with E-state index in [0.717, 1.165) is 0 Å². The van der Waals surface area contributed by atoms with E-state index in [0.29, 0.717) is 12.4 Å². The third-order valence-corrected chi connectivity index (χ3v) is 1.37. The van der Waals surface area contributed by atoms with Crippen LogP contribution in [0, 0.1) is 5.41 Å². The predicted octanol–water partition coefficient (Wildman–Crippen LogP) is 0.948. The fourth-order valence-corrected chi connectivity index (χ4v) is 0.791. The molecule has 1 aromatic rings. The van der Waals surface area contributed by atoms with Gasteiger partial charge >= 0.3 is 0 Å². The summed E-state index contributed by atoms with van der Waals surface area (Å²) in [6.07, 6.45) is 4.99. The summed E-state index contributed by atoms with van der Waals surface area (Å²) >= 11 is 0. The Labute approximate surface area is 71.0 Å². The standard InChI is InChI=1S/C8H11N3O/c1-3-6-12-7(9)8-10-4-5-11(8)2/h3-5,9H,1,6H2,2H3. The molecule has 1 heterocycles. The molecule has 1 rings (SSSR count). The summed E-state index contributed by atoms with van der Waals surface area (Å²) in [7, 11) is 1.81. The minimum absolute atomic E-state index is 0.0717. The van der Waals surface area contributed by atoms with Crippen molar-refractivity contribution >= 4 is 5.90 Å². The van der Waals surface area contributed by atoms with E-state index >= 15 is 0 Å². The lowest BCUT2D eigenvalue weighted by Crippen LogP contribution is -2.11. The topological polar surface area (TPSA) is 50.9 Å². The van der Waals surface area contributed by atoms with E-state index in [-0.39, 0.29) is 5.90 Å². The van der Waals surface area contributed by atoms with Gasteiger partial charge in [-0.3, -0.25) is 5.41 Å². The fraction of sp³-hybridized carbons (Fsp3) is 0.250. The van der Waals surface area contributed by atoms with Crippen LogP contribution >= 0.6 is 0 Å². The van der Waals surface area contributed by atoms with E-state index in [9.17, 15) is 0 Å². The maximum atomic E-state index is 7.44. The molecular formula is C8H11N3O. The van der Waals surface area contributed by atoms with E-state index in [1.54, 1.807) is 23.0 Å². The summed E-state index contributed by atoms with van der Waals surface area (Å²) in [6.45, 7) is 3.83. The van der Waals surface area contributed by atoms with Gasteiger partial charge in [-0.2, -0.15) is 0 Å². The molecule has 0 atom stereocenters. The normalized spacial score (nSPS) is 9.42. The summed E-state index contributed by atoms with van der Waals surface area (Å²) < 4.78 is 6.73. The summed E-state index contributed by atoms with van der Waals surface area (Å²) in [5.74, 6) is 0.597. The zero-order valence-corrected chi connectivity index (χ0v) is 6.95. The molecule has 1 N–H and O–H groups in total. The van der Waals surface area contributed by atoms with Crippen LogP contribution in [0.1, 0.15) is 5.82 Å². The molecule has 0 aromatic carbocycles. The number of ether oxygens (including phenoxy) is 1. The largest absolute Gasteiger partial charge is 0.471 e. The number of hydrogen-bond donors (Lipinski definition) is 1. The number of nitrogens with one attached hydrogen (secondary N) is 1. The summed E-state index contributed by atoms with van der Waals surface area (Å²) in [5, 5.41) is 7.44. The molecule has 0 saturated heterocycles. The van der Waals surface area contributed by atoms with Crippen LogP contribution in [0.25, 0.3) is 0 Å². The van der Waals surface area contributed by atoms with Crippen molar-refractivity contribution in [2.75, 3.05) is 6.61 Å². The van der Waals surface area contributed by atoms with Crippen molar-refractivity contribution in [3.63, 3.8) is 0 Å². The molecule has 4 heteroatoms. The van der Waals surface area contributed by atoms with Gasteiger partial charge in [-0.05, 0) is 0 Å². The van der Waals surface area contributed by atoms with Crippen LogP contribution in [0.3, 0.4) is 0 Å². The van der Waals surface area contributed by atoms with Crippen LogP contribution in [0.5, 0.6) is 0 Å². The van der Waals surface area contributed by atoms with Crippen LogP contribution in [-0.2, 0) is 11.8 Å². The molecule has 1 aromatic heterocycles. The zero-order valence-electron chi connectivity index (χ0n) is 6.95. The Hall–Kier alpha value is -1.58. The minimum atomic E-state index is 0.0717. The quantitative estimate of drug-likeness (QED) is 0.412. The van der Waals surface area contributed by atoms with Gasteiger partial charge in [0.25, 0.3) is 5.90 Å². The number of nitrogens with zero attached hydrogens (tertiary/aromatic N) is 2. The SMILES string of the molecule is C=CCOC(=N)c1nccn1C. The second-order valence-corrected chi connectivity index (χ2v) is 2.29. The molecule has 0 aliphatic rings. The molecule has 64 valence electrons. The Morgan fingerprint density at radius 3 is 3.17 bits per heavy atom. The first-order valence-electron chi connectivity index (χ1n) is 3.55. The highest BCUT2D eigenvalue weighted by Crippen LogP contribution is 1.96. The molecule has 0 aliphatic heterocycles. The first-order valence-corrected chi connectivity index (χ1v) is 3.55. The molecule has 0 unspecified atom stereocenters. The van der Waals surface area contributed by atoms with Crippen LogP contribution < -0.4 is 0 Å². The van der Waals surface area contributed by atoms with Gasteiger partial charge in [-0.25, -0.2) is 4.98 Å². The number of imidazole rings is 1. The average molecular weight is 165 g/mol. The average Bonchev–Trinajstić information content (AvgIpc) is 2.47. The molecule has 0 aliphatic carbocycles. The lowest BCUT2D eigenvalue weighted by atomic mass is 10.6. The number of aryl methyl sites for hydroxylation is 1. The fourth-order valence-electron chi connectivity index (χ4n) is 0.791. The summed E-state index contributed by atoms with van der Waals surface area (Å²) in [6, 6.07) is 0. The third-order valence-electron chi connectivity index (χ3n) is 1.37. The van der Waals surface area contributed by atoms with E-state index < -0.39 is 0 Å². The van der Waals surface area contributed by atoms with Crippen molar-refractivity contribution in [1.82, 2.24) is 9.55 Å². The Morgan fingerprint density at radius 1 is 1.92 bits per heavy atom. The number of rotatable bonds is 3. The van der Waals surface area contributed by atoms with Crippen LogP contribution in [0.15, 0.2) is 25.0 Å². The summed E-state index contributed by atoms with van der Waals surface area (Å²) in [5.41, 5.74) is 0. The summed E-state index contributed by atoms with van der Waals surface area (Å²) in [4.78, 5) is 3.95. The number of hydrogen-bond acceptors (Lipinski definition) is 3. The zero-order chi connectivity index (χ0) is 8.97. The van der Waals surface area contributed by atoms with Crippen molar-refractivity contribution in [1.29, 1.82) is 5.41 Å². The van der Waals surface area contributed by atoms with Gasteiger partial charge in [0.05, 0.1) is 0 Å². The Bertz CT molecular complexity index is 290. The first kappa shape index (κ1) is 8.52. The molecule has 0 amide bonds. The smallest absolute Gasteiger partial charge is 0.250 e. The van der Waals surface area contributed by atoms with Crippen molar-refractivity contribution in [3.05, 3.63) is 30.9 Å². The highest BCUT2D eigenvalue weighted by molar-refractivity contribution is 5.87. The van der Waals surface area contributed by atoms with Crippen molar-refractivity contribution in [3.8, 4) is 0 Å². The Kier molecular flexibility index (Phi) is 2.63. The third kappa shape index (κ3) is 1.72. The van der Waals surface area contributed by atoms with Gasteiger partial charge in [0.1, 0.15) is 6.61 Å². The molecule has 0 spiro atoms. The lowest BCUT2D eigenvalue weighted by Gasteiger charge is -2.03. The van der Waals surface area contributed by atoms with Gasteiger partial charge in [0.2, 0.25) is 0 Å². The van der Waals surface area contributed by atoms with Gasteiger partial charge in [0.15, 0.2) is 5.82 Å². The Balaban J connectivity index is 2.65. The number of aromatic nitrogens is 2.